The number of hydrogen-bond donors (Lipinski definition) is 2. The number of nitrogens with one attached hydrogen (secondary N) is 2. The second kappa shape index (κ2) is 8.33. The Morgan fingerprint density at radius 1 is 1.04 bits per heavy atom. The molecule has 0 radical (unpaired) electrons. The lowest BCUT2D eigenvalue weighted by Crippen LogP contribution is -2.23. The first-order valence-electron chi connectivity index (χ1n) is 8.34. The van der Waals surface area contributed by atoms with Gasteiger partial charge < -0.3 is 10.6 Å². The molecule has 0 aliphatic rings. The van der Waals surface area contributed by atoms with Crippen LogP contribution in [-0.2, 0) is 14.8 Å². The number of para-hydroxylation sites is 1. The highest BCUT2D eigenvalue weighted by atomic mass is 32.2. The fourth-order valence-corrected chi connectivity index (χ4v) is 3.60. The Balaban J connectivity index is 2.00. The SMILES string of the molecule is Cc1ccccc1NCCC(=O)Nc1ccc(C)c(S(=O)(=O)N(C)C)c1. The van der Waals surface area contributed by atoms with Gasteiger partial charge in [-0.1, -0.05) is 24.3 Å². The predicted octanol–water partition coefficient (Wildman–Crippen LogP) is 2.99. The van der Waals surface area contributed by atoms with Crippen molar-refractivity contribution in [3.63, 3.8) is 0 Å². The maximum absolute atomic E-state index is 12.4. The van der Waals surface area contributed by atoms with Crippen LogP contribution in [0.3, 0.4) is 0 Å². The maximum Gasteiger partial charge on any atom is 0.242 e. The van der Waals surface area contributed by atoms with Gasteiger partial charge in [-0.25, -0.2) is 12.7 Å². The summed E-state index contributed by atoms with van der Waals surface area (Å²) in [4.78, 5) is 12.3. The van der Waals surface area contributed by atoms with E-state index in [1.807, 2.05) is 31.2 Å². The van der Waals surface area contributed by atoms with E-state index in [1.165, 1.54) is 20.2 Å². The molecule has 0 saturated carbocycles. The van der Waals surface area contributed by atoms with Crippen LogP contribution in [0.15, 0.2) is 47.4 Å². The van der Waals surface area contributed by atoms with Crippen LogP contribution in [0.2, 0.25) is 0 Å². The summed E-state index contributed by atoms with van der Waals surface area (Å²) in [5.74, 6) is -0.178. The molecule has 2 N–H and O–H groups in total. The van der Waals surface area contributed by atoms with E-state index >= 15 is 0 Å². The molecule has 2 aromatic carbocycles. The second-order valence-corrected chi connectivity index (χ2v) is 8.43. The topological polar surface area (TPSA) is 78.5 Å². The van der Waals surface area contributed by atoms with Crippen LogP contribution in [0.5, 0.6) is 0 Å². The lowest BCUT2D eigenvalue weighted by Gasteiger charge is -2.15. The first kappa shape index (κ1) is 19.9. The Morgan fingerprint density at radius 3 is 2.38 bits per heavy atom. The third-order valence-corrected chi connectivity index (χ3v) is 6.00. The Morgan fingerprint density at radius 2 is 1.73 bits per heavy atom. The highest BCUT2D eigenvalue weighted by Gasteiger charge is 2.20. The molecule has 7 heteroatoms. The maximum atomic E-state index is 12.4. The van der Waals surface area contributed by atoms with Crippen molar-refractivity contribution in [2.75, 3.05) is 31.3 Å². The van der Waals surface area contributed by atoms with Crippen molar-refractivity contribution in [1.29, 1.82) is 0 Å². The minimum atomic E-state index is -3.55. The zero-order chi connectivity index (χ0) is 19.3. The standard InChI is InChI=1S/C19H25N3O3S/c1-14-7-5-6-8-17(14)20-12-11-19(23)21-16-10-9-15(2)18(13-16)26(24,25)22(3)4/h5-10,13,20H,11-12H2,1-4H3,(H,21,23). The number of sulfonamides is 1. The molecule has 0 spiro atoms. The van der Waals surface area contributed by atoms with Crippen molar-refractivity contribution in [3.05, 3.63) is 53.6 Å². The Bertz CT molecular complexity index is 893. The van der Waals surface area contributed by atoms with E-state index in [1.54, 1.807) is 19.1 Å². The molecular formula is C19H25N3O3S. The number of nitrogens with zero attached hydrogens (tertiary/aromatic N) is 1. The number of rotatable bonds is 7. The van der Waals surface area contributed by atoms with Gasteiger partial charge in [-0.15, -0.1) is 0 Å². The van der Waals surface area contributed by atoms with Crippen molar-refractivity contribution in [1.82, 2.24) is 4.31 Å². The monoisotopic (exact) mass is 375 g/mol. The predicted molar refractivity (Wildman–Crippen MR) is 105 cm³/mol. The molecule has 6 nitrogen and oxygen atoms in total. The van der Waals surface area contributed by atoms with E-state index in [9.17, 15) is 13.2 Å². The molecule has 2 aromatic rings. The lowest BCUT2D eigenvalue weighted by molar-refractivity contribution is -0.115. The normalized spacial score (nSPS) is 11.4. The molecule has 26 heavy (non-hydrogen) atoms. The molecule has 0 heterocycles. The quantitative estimate of drug-likeness (QED) is 0.780. The summed E-state index contributed by atoms with van der Waals surface area (Å²) in [6, 6.07) is 12.8. The van der Waals surface area contributed by atoms with E-state index in [0.717, 1.165) is 15.6 Å². The number of aryl methyl sites for hydroxylation is 2. The summed E-state index contributed by atoms with van der Waals surface area (Å²) >= 11 is 0. The van der Waals surface area contributed by atoms with Crippen LogP contribution in [0.25, 0.3) is 0 Å². The Kier molecular flexibility index (Phi) is 6.39. The van der Waals surface area contributed by atoms with E-state index in [4.69, 9.17) is 0 Å². The van der Waals surface area contributed by atoms with Crippen LogP contribution < -0.4 is 10.6 Å². The van der Waals surface area contributed by atoms with Crippen molar-refractivity contribution in [3.8, 4) is 0 Å². The van der Waals surface area contributed by atoms with Crippen LogP contribution in [0, 0.1) is 13.8 Å². The molecule has 0 atom stereocenters. The van der Waals surface area contributed by atoms with Crippen LogP contribution in [-0.4, -0.2) is 39.3 Å². The first-order chi connectivity index (χ1) is 12.2. The van der Waals surface area contributed by atoms with E-state index in [-0.39, 0.29) is 17.2 Å². The van der Waals surface area contributed by atoms with Gasteiger partial charge in [-0.3, -0.25) is 4.79 Å². The molecule has 0 unspecified atom stereocenters. The molecule has 0 bridgehead atoms. The molecule has 0 saturated heterocycles. The number of anilines is 2. The van der Waals surface area contributed by atoms with Crippen LogP contribution in [0.4, 0.5) is 11.4 Å². The fourth-order valence-electron chi connectivity index (χ4n) is 2.46. The average molecular weight is 375 g/mol. The highest BCUT2D eigenvalue weighted by molar-refractivity contribution is 7.89. The zero-order valence-corrected chi connectivity index (χ0v) is 16.4. The van der Waals surface area contributed by atoms with Gasteiger partial charge in [0.05, 0.1) is 4.90 Å². The third kappa shape index (κ3) is 4.83. The number of carbonyl (C=O) groups is 1. The van der Waals surface area contributed by atoms with Gasteiger partial charge >= 0.3 is 0 Å². The lowest BCUT2D eigenvalue weighted by atomic mass is 10.2. The molecule has 0 fully saturated rings. The van der Waals surface area contributed by atoms with Gasteiger partial charge in [-0.05, 0) is 43.2 Å². The summed E-state index contributed by atoms with van der Waals surface area (Å²) in [5, 5.41) is 5.99. The van der Waals surface area contributed by atoms with Crippen molar-refractivity contribution in [2.24, 2.45) is 0 Å². The molecule has 0 aliphatic heterocycles. The minimum Gasteiger partial charge on any atom is -0.384 e. The third-order valence-electron chi connectivity index (χ3n) is 4.04. The van der Waals surface area contributed by atoms with Crippen molar-refractivity contribution >= 4 is 27.3 Å². The van der Waals surface area contributed by atoms with E-state index < -0.39 is 10.0 Å². The van der Waals surface area contributed by atoms with Crippen molar-refractivity contribution in [2.45, 2.75) is 25.2 Å². The number of benzene rings is 2. The highest BCUT2D eigenvalue weighted by Crippen LogP contribution is 2.22. The average Bonchev–Trinajstić information content (AvgIpc) is 2.58. The van der Waals surface area contributed by atoms with E-state index in [2.05, 4.69) is 10.6 Å². The Hall–Kier alpha value is -2.38. The summed E-state index contributed by atoms with van der Waals surface area (Å²) in [6.45, 7) is 4.22. The molecule has 0 aliphatic carbocycles. The van der Waals surface area contributed by atoms with Gasteiger partial charge in [0.25, 0.3) is 0 Å². The number of carbonyl (C=O) groups excluding carboxylic acids is 1. The van der Waals surface area contributed by atoms with Crippen molar-refractivity contribution < 1.29 is 13.2 Å². The number of amides is 1. The summed E-state index contributed by atoms with van der Waals surface area (Å²) in [7, 11) is -0.587. The molecular weight excluding hydrogens is 350 g/mol. The summed E-state index contributed by atoms with van der Waals surface area (Å²) in [5.41, 5.74) is 3.22. The second-order valence-electron chi connectivity index (χ2n) is 6.31. The molecule has 1 amide bonds. The Labute approximate surface area is 155 Å². The van der Waals surface area contributed by atoms with Gasteiger partial charge in [0, 0.05) is 38.4 Å². The number of hydrogen-bond acceptors (Lipinski definition) is 4. The first-order valence-corrected chi connectivity index (χ1v) is 9.78. The summed E-state index contributed by atoms with van der Waals surface area (Å²) in [6.07, 6.45) is 0.276. The van der Waals surface area contributed by atoms with Crippen LogP contribution in [0.1, 0.15) is 17.5 Å². The molecule has 2 rings (SSSR count). The smallest absolute Gasteiger partial charge is 0.242 e. The zero-order valence-electron chi connectivity index (χ0n) is 15.5. The van der Waals surface area contributed by atoms with Gasteiger partial charge in [0.2, 0.25) is 15.9 Å². The molecule has 0 aromatic heterocycles. The van der Waals surface area contributed by atoms with Gasteiger partial charge in [0.1, 0.15) is 0 Å². The van der Waals surface area contributed by atoms with Crippen LogP contribution >= 0.6 is 0 Å². The molecule has 140 valence electrons. The summed E-state index contributed by atoms with van der Waals surface area (Å²) < 4.78 is 25.9. The fraction of sp³-hybridized carbons (Fsp3) is 0.316. The minimum absolute atomic E-state index is 0.178. The largest absolute Gasteiger partial charge is 0.384 e. The van der Waals surface area contributed by atoms with E-state index in [0.29, 0.717) is 17.8 Å². The van der Waals surface area contributed by atoms with Gasteiger partial charge in [0.15, 0.2) is 0 Å². The van der Waals surface area contributed by atoms with Gasteiger partial charge in [-0.2, -0.15) is 0 Å².